The minimum Gasteiger partial charge on any atom is -0.494 e. The third kappa shape index (κ3) is 5.42. The third-order valence-electron chi connectivity index (χ3n) is 5.26. The monoisotopic (exact) mass is 433 g/mol. The second-order valence-electron chi connectivity index (χ2n) is 8.03. The van der Waals surface area contributed by atoms with Gasteiger partial charge in [-0.3, -0.25) is 5.32 Å². The van der Waals surface area contributed by atoms with Crippen molar-refractivity contribution in [2.75, 3.05) is 17.7 Å². The molecule has 0 fully saturated rings. The van der Waals surface area contributed by atoms with E-state index in [0.717, 1.165) is 35.6 Å². The van der Waals surface area contributed by atoms with Crippen LogP contribution < -0.4 is 10.1 Å². The van der Waals surface area contributed by atoms with Crippen LogP contribution in [0.5, 0.6) is 5.75 Å². The Bertz CT molecular complexity index is 1030. The average molecular weight is 434 g/mol. The number of hydrogen-bond acceptors (Lipinski definition) is 4. The summed E-state index contributed by atoms with van der Waals surface area (Å²) in [6.07, 6.45) is 1.65. The molecule has 1 aliphatic rings. The summed E-state index contributed by atoms with van der Waals surface area (Å²) in [7, 11) is 0. The van der Waals surface area contributed by atoms with Crippen LogP contribution in [0.25, 0.3) is 11.1 Å². The number of nitrogens with one attached hydrogen (secondary N) is 1. The normalized spacial score (nSPS) is 14.3. The molecule has 3 aromatic carbocycles. The molecule has 0 aromatic heterocycles. The number of ether oxygens (including phenoxy) is 2. The van der Waals surface area contributed by atoms with Crippen molar-refractivity contribution in [3.8, 4) is 16.9 Å². The summed E-state index contributed by atoms with van der Waals surface area (Å²) in [5.41, 5.74) is 3.54. The van der Waals surface area contributed by atoms with E-state index in [2.05, 4.69) is 53.8 Å². The Hall–Kier alpha value is -2.92. The minimum atomic E-state index is -0.663. The summed E-state index contributed by atoms with van der Waals surface area (Å²) in [5.74, 6) is 1.86. The summed E-state index contributed by atoms with van der Waals surface area (Å²) in [5, 5.41) is 2.74. The molecule has 0 radical (unpaired) electrons. The molecule has 0 aliphatic carbocycles. The van der Waals surface area contributed by atoms with Crippen molar-refractivity contribution in [2.24, 2.45) is 0 Å². The first kappa shape index (κ1) is 21.3. The molecule has 0 saturated heterocycles. The Morgan fingerprint density at radius 2 is 1.68 bits per heavy atom. The molecule has 0 bridgehead atoms. The lowest BCUT2D eigenvalue weighted by atomic mass is 9.94. The number of carbonyl (C=O) groups excluding carboxylic acids is 1. The second-order valence-corrected chi connectivity index (χ2v) is 9.19. The number of cyclic esters (lactones) is 1. The van der Waals surface area contributed by atoms with Crippen molar-refractivity contribution < 1.29 is 14.3 Å². The number of amides is 1. The van der Waals surface area contributed by atoms with Crippen molar-refractivity contribution in [1.29, 1.82) is 0 Å². The fourth-order valence-corrected chi connectivity index (χ4v) is 4.51. The van der Waals surface area contributed by atoms with Gasteiger partial charge in [-0.1, -0.05) is 42.5 Å². The zero-order chi connectivity index (χ0) is 21.7. The lowest BCUT2D eigenvalue weighted by Crippen LogP contribution is -2.34. The number of hydrogen-bond donors (Lipinski definition) is 1. The molecule has 0 atom stereocenters. The molecule has 4 rings (SSSR count). The summed E-state index contributed by atoms with van der Waals surface area (Å²) in [6, 6.07) is 24.9. The molecule has 1 heterocycles. The molecular formula is C26H27NO3S. The lowest BCUT2D eigenvalue weighted by molar-refractivity contribution is 0.0418. The molecule has 3 aromatic rings. The largest absolute Gasteiger partial charge is 0.494 e. The van der Waals surface area contributed by atoms with E-state index in [1.807, 2.05) is 49.9 Å². The zero-order valence-electron chi connectivity index (χ0n) is 17.9. The van der Waals surface area contributed by atoms with Crippen molar-refractivity contribution >= 4 is 23.5 Å². The van der Waals surface area contributed by atoms with Gasteiger partial charge < -0.3 is 9.47 Å². The van der Waals surface area contributed by atoms with Crippen molar-refractivity contribution in [3.63, 3.8) is 0 Å². The Labute approximate surface area is 188 Å². The number of rotatable bonds is 8. The van der Waals surface area contributed by atoms with Crippen LogP contribution in [0.15, 0.2) is 77.7 Å². The number of unbranched alkanes of at least 4 members (excludes halogenated alkanes) is 1. The third-order valence-corrected chi connectivity index (χ3v) is 6.36. The molecule has 5 heteroatoms. The van der Waals surface area contributed by atoms with Gasteiger partial charge in [0.2, 0.25) is 0 Å². The van der Waals surface area contributed by atoms with Crippen molar-refractivity contribution in [2.45, 2.75) is 37.2 Å². The number of thioether (sulfide) groups is 1. The predicted octanol–water partition coefficient (Wildman–Crippen LogP) is 7.10. The van der Waals surface area contributed by atoms with E-state index in [9.17, 15) is 4.79 Å². The Morgan fingerprint density at radius 1 is 0.935 bits per heavy atom. The summed E-state index contributed by atoms with van der Waals surface area (Å²) in [6.45, 7) is 4.44. The fraction of sp³-hybridized carbons (Fsp3) is 0.269. The van der Waals surface area contributed by atoms with E-state index in [-0.39, 0.29) is 0 Å². The van der Waals surface area contributed by atoms with Gasteiger partial charge in [0.15, 0.2) is 0 Å². The molecule has 160 valence electrons. The van der Waals surface area contributed by atoms with E-state index in [4.69, 9.17) is 9.47 Å². The number of carbonyl (C=O) groups is 1. The quantitative estimate of drug-likeness (QED) is 0.304. The number of benzene rings is 3. The van der Waals surface area contributed by atoms with Gasteiger partial charge in [0, 0.05) is 10.5 Å². The van der Waals surface area contributed by atoms with Gasteiger partial charge in [0.1, 0.15) is 11.4 Å². The standard InChI is InChI=1S/C26H27NO3S/c1-26(2)23-18-21(12-15-24(23)27-25(28)30-26)29-16-6-7-17-31-22-13-10-20(11-14-22)19-8-4-3-5-9-19/h3-5,8-15,18H,6-7,16-17H2,1-2H3,(H,27,28). The maximum absolute atomic E-state index is 11.6. The molecule has 1 amide bonds. The van der Waals surface area contributed by atoms with Crippen molar-refractivity contribution in [3.05, 3.63) is 78.4 Å². The van der Waals surface area contributed by atoms with Crippen LogP contribution in [0, 0.1) is 0 Å². The van der Waals surface area contributed by atoms with E-state index in [1.54, 1.807) is 0 Å². The van der Waals surface area contributed by atoms with Gasteiger partial charge in [0.25, 0.3) is 0 Å². The molecule has 0 unspecified atom stereocenters. The molecule has 0 spiro atoms. The van der Waals surface area contributed by atoms with Crippen LogP contribution in [-0.2, 0) is 10.3 Å². The highest BCUT2D eigenvalue weighted by Gasteiger charge is 2.33. The summed E-state index contributed by atoms with van der Waals surface area (Å²) in [4.78, 5) is 12.9. The van der Waals surface area contributed by atoms with Gasteiger partial charge in [-0.05, 0) is 73.9 Å². The molecular weight excluding hydrogens is 406 g/mol. The maximum Gasteiger partial charge on any atom is 0.412 e. The van der Waals surface area contributed by atoms with E-state index in [0.29, 0.717) is 6.61 Å². The molecule has 31 heavy (non-hydrogen) atoms. The van der Waals surface area contributed by atoms with E-state index < -0.39 is 11.7 Å². The van der Waals surface area contributed by atoms with E-state index in [1.165, 1.54) is 16.0 Å². The highest BCUT2D eigenvalue weighted by atomic mass is 32.2. The Kier molecular flexibility index (Phi) is 6.52. The topological polar surface area (TPSA) is 47.6 Å². The highest BCUT2D eigenvalue weighted by Crippen LogP contribution is 2.37. The van der Waals surface area contributed by atoms with Crippen LogP contribution in [0.4, 0.5) is 10.5 Å². The first-order valence-corrected chi connectivity index (χ1v) is 11.6. The lowest BCUT2D eigenvalue weighted by Gasteiger charge is -2.32. The van der Waals surface area contributed by atoms with Gasteiger partial charge in [0.05, 0.1) is 12.3 Å². The smallest absolute Gasteiger partial charge is 0.412 e. The first-order chi connectivity index (χ1) is 15.0. The van der Waals surface area contributed by atoms with Crippen LogP contribution in [0.1, 0.15) is 32.3 Å². The molecule has 1 aliphatic heterocycles. The van der Waals surface area contributed by atoms with Crippen LogP contribution in [-0.4, -0.2) is 18.5 Å². The van der Waals surface area contributed by atoms with Crippen LogP contribution >= 0.6 is 11.8 Å². The average Bonchev–Trinajstić information content (AvgIpc) is 2.77. The van der Waals surface area contributed by atoms with Gasteiger partial charge >= 0.3 is 6.09 Å². The van der Waals surface area contributed by atoms with E-state index >= 15 is 0 Å². The second kappa shape index (κ2) is 9.48. The van der Waals surface area contributed by atoms with Crippen molar-refractivity contribution in [1.82, 2.24) is 0 Å². The van der Waals surface area contributed by atoms with Gasteiger partial charge in [-0.2, -0.15) is 0 Å². The first-order valence-electron chi connectivity index (χ1n) is 10.6. The highest BCUT2D eigenvalue weighted by molar-refractivity contribution is 7.99. The van der Waals surface area contributed by atoms with Gasteiger partial charge in [-0.15, -0.1) is 11.8 Å². The van der Waals surface area contributed by atoms with Gasteiger partial charge in [-0.25, -0.2) is 4.79 Å². The SMILES string of the molecule is CC1(C)OC(=O)Nc2ccc(OCCCCSc3ccc(-c4ccccc4)cc3)cc21. The number of fused-ring (bicyclic) bond motifs is 1. The fourth-order valence-electron chi connectivity index (χ4n) is 3.60. The van der Waals surface area contributed by atoms with Crippen LogP contribution in [0.2, 0.25) is 0 Å². The molecule has 1 N–H and O–H groups in total. The predicted molar refractivity (Wildman–Crippen MR) is 127 cm³/mol. The zero-order valence-corrected chi connectivity index (χ0v) is 18.7. The molecule has 4 nitrogen and oxygen atoms in total. The molecule has 0 saturated carbocycles. The Morgan fingerprint density at radius 3 is 2.45 bits per heavy atom. The minimum absolute atomic E-state index is 0.418. The summed E-state index contributed by atoms with van der Waals surface area (Å²) >= 11 is 1.88. The number of anilines is 1. The summed E-state index contributed by atoms with van der Waals surface area (Å²) < 4.78 is 11.3. The maximum atomic E-state index is 11.6. The Balaban J connectivity index is 1.20. The van der Waals surface area contributed by atoms with Crippen LogP contribution in [0.3, 0.4) is 0 Å².